The van der Waals surface area contributed by atoms with E-state index >= 15 is 0 Å². The van der Waals surface area contributed by atoms with Gasteiger partial charge >= 0.3 is 17.2 Å². The molecule has 0 saturated carbocycles. The fourth-order valence-corrected chi connectivity index (χ4v) is 2.61. The van der Waals surface area contributed by atoms with Crippen LogP contribution in [0.3, 0.4) is 0 Å². The average Bonchev–Trinajstić information content (AvgIpc) is 2.99. The largest absolute Gasteiger partial charge is 0.411 e. The number of aliphatic hydroxyl groups is 1. The molecule has 1 atom stereocenters. The number of nitrogens with one attached hydrogen (secondary N) is 2. The smallest absolute Gasteiger partial charge is 0.388 e. The number of aromatic nitrogens is 3. The van der Waals surface area contributed by atoms with E-state index in [1.54, 1.807) is 48.5 Å². The number of anilines is 1. The molecular weight excluding hydrogens is 356 g/mol. The van der Waals surface area contributed by atoms with Gasteiger partial charge in [0.05, 0.1) is 5.88 Å². The molecule has 0 saturated heterocycles. The number of hydrogen-bond donors (Lipinski definition) is 3. The molecular formula is C18H18ClN4O3+. The van der Waals surface area contributed by atoms with Gasteiger partial charge in [-0.3, -0.25) is 4.79 Å². The Morgan fingerprint density at radius 2 is 1.77 bits per heavy atom. The lowest BCUT2D eigenvalue weighted by molar-refractivity contribution is -0.761. The van der Waals surface area contributed by atoms with Gasteiger partial charge in [0.1, 0.15) is 12.6 Å². The molecule has 1 aromatic heterocycles. The molecule has 1 heterocycles. The summed E-state index contributed by atoms with van der Waals surface area (Å²) in [5.74, 6) is -0.598. The number of aliphatic hydroxyl groups excluding tert-OH is 1. The SMILES string of the molecule is O=C(Nc1ccccc1)c1c(=O)n(-c2ccccc2)[nH][n+]1C[C@@H](O)CCl. The predicted octanol–water partition coefficient (Wildman–Crippen LogP) is 1.31. The Balaban J connectivity index is 2.02. The van der Waals surface area contributed by atoms with Crippen LogP contribution in [-0.2, 0) is 6.54 Å². The molecule has 0 fully saturated rings. The molecule has 0 spiro atoms. The highest BCUT2D eigenvalue weighted by molar-refractivity contribution is 6.18. The maximum absolute atomic E-state index is 12.8. The first-order chi connectivity index (χ1) is 12.6. The van der Waals surface area contributed by atoms with Crippen molar-refractivity contribution in [2.24, 2.45) is 0 Å². The van der Waals surface area contributed by atoms with Gasteiger partial charge < -0.3 is 10.4 Å². The van der Waals surface area contributed by atoms with E-state index in [9.17, 15) is 14.7 Å². The minimum atomic E-state index is -0.910. The van der Waals surface area contributed by atoms with Crippen LogP contribution >= 0.6 is 11.6 Å². The Hall–Kier alpha value is -2.90. The lowest BCUT2D eigenvalue weighted by Crippen LogP contribution is -2.49. The summed E-state index contributed by atoms with van der Waals surface area (Å²) >= 11 is 5.66. The van der Waals surface area contributed by atoms with E-state index in [-0.39, 0.29) is 18.1 Å². The van der Waals surface area contributed by atoms with Crippen molar-refractivity contribution in [3.8, 4) is 5.69 Å². The second-order valence-electron chi connectivity index (χ2n) is 5.66. The van der Waals surface area contributed by atoms with Crippen molar-refractivity contribution in [2.45, 2.75) is 12.6 Å². The van der Waals surface area contributed by atoms with Gasteiger partial charge in [0, 0.05) is 5.69 Å². The molecule has 0 aliphatic heterocycles. The number of carbonyl (C=O) groups is 1. The summed E-state index contributed by atoms with van der Waals surface area (Å²) in [6, 6.07) is 17.7. The van der Waals surface area contributed by atoms with Crippen molar-refractivity contribution in [3.63, 3.8) is 0 Å². The molecule has 3 aromatic rings. The first kappa shape index (κ1) is 17.9. The third-order valence-electron chi connectivity index (χ3n) is 3.73. The fraction of sp³-hybridized carbons (Fsp3) is 0.167. The zero-order valence-electron chi connectivity index (χ0n) is 13.8. The number of amides is 1. The van der Waals surface area contributed by atoms with Crippen LogP contribution < -0.4 is 15.6 Å². The number of H-pyrrole nitrogens is 1. The quantitative estimate of drug-likeness (QED) is 0.449. The summed E-state index contributed by atoms with van der Waals surface area (Å²) < 4.78 is 2.56. The summed E-state index contributed by atoms with van der Waals surface area (Å²) in [6.07, 6.45) is -0.910. The monoisotopic (exact) mass is 373 g/mol. The zero-order valence-corrected chi connectivity index (χ0v) is 14.6. The van der Waals surface area contributed by atoms with Crippen molar-refractivity contribution in [3.05, 3.63) is 76.7 Å². The number of para-hydroxylation sites is 2. The van der Waals surface area contributed by atoms with Crippen LogP contribution in [0.25, 0.3) is 5.69 Å². The Bertz CT molecular complexity index is 938. The Morgan fingerprint density at radius 1 is 1.15 bits per heavy atom. The standard InChI is InChI=1S/C18H17ClN4O3/c19-11-15(24)12-22-16(17(25)20-13-7-3-1-4-8-13)18(26)23(21-22)14-9-5-2-6-10-14/h1-10,15,24H,11-12H2,(H-,20,21,25,26)/p+1/t15-/m0/s1. The molecule has 0 aliphatic rings. The lowest BCUT2D eigenvalue weighted by atomic mass is 10.3. The number of halogens is 1. The van der Waals surface area contributed by atoms with E-state index in [1.807, 2.05) is 12.1 Å². The molecule has 0 unspecified atom stereocenters. The second-order valence-corrected chi connectivity index (χ2v) is 5.97. The number of aromatic amines is 1. The van der Waals surface area contributed by atoms with E-state index in [2.05, 4.69) is 10.5 Å². The molecule has 0 aliphatic carbocycles. The van der Waals surface area contributed by atoms with Gasteiger partial charge in [-0.2, -0.15) is 0 Å². The molecule has 134 valence electrons. The van der Waals surface area contributed by atoms with Gasteiger partial charge in [-0.05, 0) is 24.3 Å². The Kier molecular flexibility index (Phi) is 5.50. The predicted molar refractivity (Wildman–Crippen MR) is 97.7 cm³/mol. The van der Waals surface area contributed by atoms with E-state index in [4.69, 9.17) is 11.6 Å². The highest BCUT2D eigenvalue weighted by Gasteiger charge is 2.30. The Labute approximate surface area is 154 Å². The van der Waals surface area contributed by atoms with Gasteiger partial charge in [0.15, 0.2) is 5.69 Å². The van der Waals surface area contributed by atoms with Crippen molar-refractivity contribution in [1.82, 2.24) is 9.90 Å². The highest BCUT2D eigenvalue weighted by atomic mass is 35.5. The number of alkyl halides is 1. The highest BCUT2D eigenvalue weighted by Crippen LogP contribution is 2.07. The van der Waals surface area contributed by atoms with Gasteiger partial charge in [-0.15, -0.1) is 16.3 Å². The van der Waals surface area contributed by atoms with E-state index in [0.29, 0.717) is 11.4 Å². The van der Waals surface area contributed by atoms with Gasteiger partial charge in [-0.1, -0.05) is 46.3 Å². The number of benzene rings is 2. The van der Waals surface area contributed by atoms with Crippen LogP contribution in [-0.4, -0.2) is 32.9 Å². The summed E-state index contributed by atoms with van der Waals surface area (Å²) in [6.45, 7) is -0.0177. The van der Waals surface area contributed by atoms with Gasteiger partial charge in [0.25, 0.3) is 0 Å². The number of hydrogen-bond acceptors (Lipinski definition) is 3. The zero-order chi connectivity index (χ0) is 18.5. The van der Waals surface area contributed by atoms with Crippen molar-refractivity contribution < 1.29 is 14.6 Å². The minimum Gasteiger partial charge on any atom is -0.388 e. The summed E-state index contributed by atoms with van der Waals surface area (Å²) in [5, 5.41) is 15.4. The van der Waals surface area contributed by atoms with E-state index in [0.717, 1.165) is 0 Å². The van der Waals surface area contributed by atoms with Crippen LogP contribution in [0.15, 0.2) is 65.5 Å². The normalized spacial score (nSPS) is 11.9. The summed E-state index contributed by atoms with van der Waals surface area (Å²) in [7, 11) is 0. The van der Waals surface area contributed by atoms with Crippen LogP contribution in [0.4, 0.5) is 5.69 Å². The van der Waals surface area contributed by atoms with E-state index in [1.165, 1.54) is 9.36 Å². The fourth-order valence-electron chi connectivity index (χ4n) is 2.51. The molecule has 0 radical (unpaired) electrons. The number of nitrogens with zero attached hydrogens (tertiary/aromatic N) is 2. The van der Waals surface area contributed by atoms with E-state index < -0.39 is 17.6 Å². The van der Waals surface area contributed by atoms with Crippen LogP contribution in [0.1, 0.15) is 10.5 Å². The van der Waals surface area contributed by atoms with Crippen molar-refractivity contribution in [1.29, 1.82) is 0 Å². The second kappa shape index (κ2) is 7.99. The van der Waals surface area contributed by atoms with Gasteiger partial charge in [0.2, 0.25) is 0 Å². The molecule has 7 nitrogen and oxygen atoms in total. The molecule has 26 heavy (non-hydrogen) atoms. The molecule has 3 N–H and O–H groups in total. The molecule has 8 heteroatoms. The van der Waals surface area contributed by atoms with Crippen LogP contribution in [0.2, 0.25) is 0 Å². The first-order valence-corrected chi connectivity index (χ1v) is 8.54. The first-order valence-electron chi connectivity index (χ1n) is 8.01. The molecule has 3 rings (SSSR count). The molecule has 2 aromatic carbocycles. The molecule has 0 bridgehead atoms. The van der Waals surface area contributed by atoms with Crippen molar-refractivity contribution >= 4 is 23.2 Å². The summed E-state index contributed by atoms with van der Waals surface area (Å²) in [4.78, 5) is 25.5. The Morgan fingerprint density at radius 3 is 2.38 bits per heavy atom. The third kappa shape index (κ3) is 3.84. The average molecular weight is 374 g/mol. The number of carbonyl (C=O) groups excluding carboxylic acids is 1. The summed E-state index contributed by atoms with van der Waals surface area (Å²) in [5.41, 5.74) is 0.493. The topological polar surface area (TPSA) is 91.0 Å². The molecule has 1 amide bonds. The van der Waals surface area contributed by atoms with Gasteiger partial charge in [-0.25, -0.2) is 4.79 Å². The third-order valence-corrected chi connectivity index (χ3v) is 4.09. The van der Waals surface area contributed by atoms with Crippen molar-refractivity contribution in [2.75, 3.05) is 11.2 Å². The number of rotatable bonds is 6. The minimum absolute atomic E-state index is 0.0177. The maximum Gasteiger partial charge on any atom is 0.411 e. The van der Waals surface area contributed by atoms with Crippen LogP contribution in [0.5, 0.6) is 0 Å². The maximum atomic E-state index is 12.8. The van der Waals surface area contributed by atoms with Crippen LogP contribution in [0, 0.1) is 0 Å². The lowest BCUT2D eigenvalue weighted by Gasteiger charge is -2.05.